The lowest BCUT2D eigenvalue weighted by Gasteiger charge is -2.13. The number of nitrogens with zero attached hydrogens (tertiary/aromatic N) is 2. The second-order valence-electron chi connectivity index (χ2n) is 7.17. The number of fused-ring (bicyclic) bond motifs is 1. The Morgan fingerprint density at radius 3 is 2.58 bits per heavy atom. The van der Waals surface area contributed by atoms with Gasteiger partial charge in [0, 0.05) is 0 Å². The highest BCUT2D eigenvalue weighted by Gasteiger charge is 2.16. The van der Waals surface area contributed by atoms with E-state index in [1.807, 2.05) is 24.3 Å². The number of thioether (sulfide) groups is 1. The fraction of sp³-hybridized carbons (Fsp3) is 0.167. The van der Waals surface area contributed by atoms with Crippen LogP contribution in [0.2, 0.25) is 0 Å². The van der Waals surface area contributed by atoms with E-state index in [0.29, 0.717) is 27.5 Å². The van der Waals surface area contributed by atoms with Crippen molar-refractivity contribution in [3.8, 4) is 5.69 Å². The highest BCUT2D eigenvalue weighted by molar-refractivity contribution is 7.99. The van der Waals surface area contributed by atoms with Gasteiger partial charge in [-0.15, -0.1) is 0 Å². The number of amides is 3. The third-order valence-corrected chi connectivity index (χ3v) is 5.87. The predicted molar refractivity (Wildman–Crippen MR) is 127 cm³/mol. The molecule has 3 amide bonds. The number of nitrogens with one attached hydrogen (secondary N) is 2. The largest absolute Gasteiger partial charge is 0.467 e. The van der Waals surface area contributed by atoms with Gasteiger partial charge in [0.2, 0.25) is 5.91 Å². The summed E-state index contributed by atoms with van der Waals surface area (Å²) in [4.78, 5) is 42.2. The van der Waals surface area contributed by atoms with E-state index in [9.17, 15) is 14.4 Å². The number of para-hydroxylation sites is 1. The van der Waals surface area contributed by atoms with Gasteiger partial charge in [0.25, 0.3) is 5.56 Å². The van der Waals surface area contributed by atoms with Crippen LogP contribution in [0.5, 0.6) is 0 Å². The van der Waals surface area contributed by atoms with Crippen molar-refractivity contribution in [2.45, 2.75) is 25.0 Å². The number of carbonyl (C=O) groups excluding carboxylic acids is 2. The number of benzene rings is 2. The number of carbonyl (C=O) groups is 2. The van der Waals surface area contributed by atoms with Crippen LogP contribution in [-0.4, -0.2) is 27.2 Å². The van der Waals surface area contributed by atoms with Crippen LogP contribution in [0.25, 0.3) is 16.6 Å². The maximum absolute atomic E-state index is 13.3. The van der Waals surface area contributed by atoms with Gasteiger partial charge in [-0.05, 0) is 48.4 Å². The molecule has 9 heteroatoms. The fourth-order valence-corrected chi connectivity index (χ4v) is 4.05. The lowest BCUT2D eigenvalue weighted by molar-refractivity contribution is -0.117. The van der Waals surface area contributed by atoms with Gasteiger partial charge >= 0.3 is 6.03 Å². The van der Waals surface area contributed by atoms with Crippen molar-refractivity contribution in [1.29, 1.82) is 0 Å². The van der Waals surface area contributed by atoms with E-state index in [1.165, 1.54) is 10.8 Å². The predicted octanol–water partition coefficient (Wildman–Crippen LogP) is 3.66. The van der Waals surface area contributed by atoms with E-state index in [1.54, 1.807) is 36.4 Å². The van der Waals surface area contributed by atoms with Gasteiger partial charge in [-0.25, -0.2) is 9.78 Å². The van der Waals surface area contributed by atoms with E-state index in [0.717, 1.165) is 23.7 Å². The SMILES string of the molecule is CCc1ccc(-n2c(SCC(=O)NC(=O)NCc3ccco3)nc3ccccc3c2=O)cc1. The van der Waals surface area contributed by atoms with Gasteiger partial charge in [-0.3, -0.25) is 19.5 Å². The van der Waals surface area contributed by atoms with Crippen molar-refractivity contribution in [2.24, 2.45) is 0 Å². The molecule has 168 valence electrons. The molecule has 33 heavy (non-hydrogen) atoms. The minimum atomic E-state index is -0.629. The summed E-state index contributed by atoms with van der Waals surface area (Å²) in [5, 5.41) is 5.68. The molecule has 0 aliphatic carbocycles. The average Bonchev–Trinajstić information content (AvgIpc) is 3.35. The van der Waals surface area contributed by atoms with Crippen LogP contribution in [0, 0.1) is 0 Å². The molecule has 0 bridgehead atoms. The van der Waals surface area contributed by atoms with Crippen LogP contribution in [0.3, 0.4) is 0 Å². The van der Waals surface area contributed by atoms with Gasteiger partial charge in [-0.1, -0.05) is 43.0 Å². The molecule has 4 rings (SSSR count). The highest BCUT2D eigenvalue weighted by atomic mass is 32.2. The minimum absolute atomic E-state index is 0.0913. The Bertz CT molecular complexity index is 1330. The van der Waals surface area contributed by atoms with E-state index in [-0.39, 0.29) is 17.9 Å². The number of furan rings is 1. The van der Waals surface area contributed by atoms with E-state index in [2.05, 4.69) is 22.5 Å². The molecular formula is C24H22N4O4S. The molecule has 0 aliphatic rings. The summed E-state index contributed by atoms with van der Waals surface area (Å²) in [5.74, 6) is -0.0240. The first-order valence-corrected chi connectivity index (χ1v) is 11.4. The molecule has 2 aromatic heterocycles. The van der Waals surface area contributed by atoms with Crippen molar-refractivity contribution < 1.29 is 14.0 Å². The standard InChI is InChI=1S/C24H22N4O4S/c1-2-16-9-11-17(12-10-16)28-22(30)19-7-3-4-8-20(19)26-24(28)33-15-21(29)27-23(31)25-14-18-6-5-13-32-18/h3-13H,2,14-15H2,1H3,(H2,25,27,29,31). The molecule has 0 unspecified atom stereocenters. The van der Waals surface area contributed by atoms with E-state index < -0.39 is 11.9 Å². The molecule has 2 N–H and O–H groups in total. The first-order chi connectivity index (χ1) is 16.0. The summed E-state index contributed by atoms with van der Waals surface area (Å²) in [6, 6.07) is 17.5. The van der Waals surface area contributed by atoms with Crippen LogP contribution in [0.15, 0.2) is 81.3 Å². The number of imide groups is 1. The molecular weight excluding hydrogens is 440 g/mol. The summed E-state index contributed by atoms with van der Waals surface area (Å²) in [7, 11) is 0. The van der Waals surface area contributed by atoms with Gasteiger partial charge in [0.15, 0.2) is 5.16 Å². The second kappa shape index (κ2) is 10.2. The smallest absolute Gasteiger partial charge is 0.321 e. The Morgan fingerprint density at radius 2 is 1.85 bits per heavy atom. The zero-order chi connectivity index (χ0) is 23.2. The maximum atomic E-state index is 13.3. The van der Waals surface area contributed by atoms with Gasteiger partial charge in [0.05, 0.1) is 35.2 Å². The molecule has 0 radical (unpaired) electrons. The summed E-state index contributed by atoms with van der Waals surface area (Å²) < 4.78 is 6.63. The number of hydrogen-bond donors (Lipinski definition) is 2. The fourth-order valence-electron chi connectivity index (χ4n) is 3.24. The monoisotopic (exact) mass is 462 g/mol. The average molecular weight is 463 g/mol. The second-order valence-corrected chi connectivity index (χ2v) is 8.11. The van der Waals surface area contributed by atoms with Crippen LogP contribution in [0.1, 0.15) is 18.2 Å². The maximum Gasteiger partial charge on any atom is 0.321 e. The first-order valence-electron chi connectivity index (χ1n) is 10.4. The zero-order valence-electron chi connectivity index (χ0n) is 17.9. The molecule has 0 fully saturated rings. The summed E-state index contributed by atoms with van der Waals surface area (Å²) in [6.45, 7) is 2.22. The topological polar surface area (TPSA) is 106 Å². The van der Waals surface area contributed by atoms with Gasteiger partial charge in [0.1, 0.15) is 5.76 Å². The number of rotatable bonds is 7. The minimum Gasteiger partial charge on any atom is -0.467 e. The van der Waals surface area contributed by atoms with Crippen LogP contribution in [-0.2, 0) is 17.8 Å². The Balaban J connectivity index is 1.53. The van der Waals surface area contributed by atoms with E-state index >= 15 is 0 Å². The Kier molecular flexibility index (Phi) is 6.89. The molecule has 4 aromatic rings. The van der Waals surface area contributed by atoms with Crippen LogP contribution in [0.4, 0.5) is 4.79 Å². The molecule has 2 heterocycles. The van der Waals surface area contributed by atoms with E-state index in [4.69, 9.17) is 4.42 Å². The molecule has 0 aliphatic heterocycles. The third kappa shape index (κ3) is 5.32. The van der Waals surface area contributed by atoms with Crippen LogP contribution >= 0.6 is 11.8 Å². The van der Waals surface area contributed by atoms with Crippen molar-refractivity contribution in [2.75, 3.05) is 5.75 Å². The van der Waals surface area contributed by atoms with Gasteiger partial charge in [-0.2, -0.15) is 0 Å². The van der Waals surface area contributed by atoms with Crippen molar-refractivity contribution in [1.82, 2.24) is 20.2 Å². The Labute approximate surface area is 194 Å². The van der Waals surface area contributed by atoms with Crippen molar-refractivity contribution >= 4 is 34.6 Å². The zero-order valence-corrected chi connectivity index (χ0v) is 18.7. The molecule has 2 aromatic carbocycles. The summed E-state index contributed by atoms with van der Waals surface area (Å²) in [6.07, 6.45) is 2.39. The number of aryl methyl sites for hydroxylation is 1. The lowest BCUT2D eigenvalue weighted by atomic mass is 10.1. The summed E-state index contributed by atoms with van der Waals surface area (Å²) >= 11 is 1.09. The number of aromatic nitrogens is 2. The van der Waals surface area contributed by atoms with Crippen molar-refractivity contribution in [3.63, 3.8) is 0 Å². The molecule has 8 nitrogen and oxygen atoms in total. The lowest BCUT2D eigenvalue weighted by Crippen LogP contribution is -2.40. The van der Waals surface area contributed by atoms with Crippen LogP contribution < -0.4 is 16.2 Å². The Morgan fingerprint density at radius 1 is 1.06 bits per heavy atom. The molecule has 0 saturated heterocycles. The highest BCUT2D eigenvalue weighted by Crippen LogP contribution is 2.21. The molecule has 0 saturated carbocycles. The summed E-state index contributed by atoms with van der Waals surface area (Å²) in [5.41, 5.74) is 2.14. The third-order valence-electron chi connectivity index (χ3n) is 4.94. The molecule has 0 atom stereocenters. The Hall–Kier alpha value is -3.85. The van der Waals surface area contributed by atoms with Crippen molar-refractivity contribution in [3.05, 3.63) is 88.6 Å². The first kappa shape index (κ1) is 22.3. The quantitative estimate of drug-likeness (QED) is 0.321. The van der Waals surface area contributed by atoms with Gasteiger partial charge < -0.3 is 9.73 Å². The normalized spacial score (nSPS) is 10.8. The molecule has 0 spiro atoms. The number of urea groups is 1. The number of hydrogen-bond acceptors (Lipinski definition) is 6.